The second-order valence-corrected chi connectivity index (χ2v) is 8.99. The second kappa shape index (κ2) is 6.18. The maximum Gasteiger partial charge on any atom is 0.312 e. The minimum atomic E-state index is -0.247. The molecule has 2 amide bonds. The van der Waals surface area contributed by atoms with Crippen molar-refractivity contribution in [1.82, 2.24) is 4.90 Å². The number of imide groups is 1. The molecule has 1 aliphatic heterocycles. The molecule has 0 spiro atoms. The fourth-order valence-corrected chi connectivity index (χ4v) is 6.34. The van der Waals surface area contributed by atoms with Gasteiger partial charge in [-0.25, -0.2) is 0 Å². The molecule has 5 nitrogen and oxygen atoms in total. The number of benzene rings is 1. The molecular weight excluding hydrogens is 342 g/mol. The highest BCUT2D eigenvalue weighted by molar-refractivity contribution is 6.21. The van der Waals surface area contributed by atoms with Gasteiger partial charge in [-0.15, -0.1) is 0 Å². The van der Waals surface area contributed by atoms with Crippen molar-refractivity contribution in [2.75, 3.05) is 13.2 Å². The van der Waals surface area contributed by atoms with E-state index in [1.165, 1.54) is 24.2 Å². The molecule has 4 saturated carbocycles. The van der Waals surface area contributed by atoms with Gasteiger partial charge in [-0.2, -0.15) is 0 Å². The molecule has 1 heterocycles. The lowest BCUT2D eigenvalue weighted by Gasteiger charge is -2.55. The van der Waals surface area contributed by atoms with Gasteiger partial charge in [-0.05, 0) is 74.8 Å². The van der Waals surface area contributed by atoms with Gasteiger partial charge in [0.1, 0.15) is 0 Å². The first-order valence-corrected chi connectivity index (χ1v) is 10.2. The highest BCUT2D eigenvalue weighted by Crippen LogP contribution is 2.60. The first-order chi connectivity index (χ1) is 13.1. The Morgan fingerprint density at radius 3 is 2.00 bits per heavy atom. The fraction of sp³-hybridized carbons (Fsp3) is 0.591. The average molecular weight is 367 g/mol. The molecule has 0 aromatic heterocycles. The highest BCUT2D eigenvalue weighted by atomic mass is 16.5. The molecule has 5 aliphatic rings. The molecule has 4 fully saturated rings. The summed E-state index contributed by atoms with van der Waals surface area (Å²) in [5.74, 6) is 1.60. The molecule has 0 unspecified atom stereocenters. The number of hydrogen-bond acceptors (Lipinski definition) is 4. The molecule has 0 N–H and O–H groups in total. The first-order valence-electron chi connectivity index (χ1n) is 10.2. The minimum Gasteiger partial charge on any atom is -0.465 e. The van der Waals surface area contributed by atoms with Crippen LogP contribution in [0.2, 0.25) is 0 Å². The zero-order valence-electron chi connectivity index (χ0n) is 15.5. The zero-order chi connectivity index (χ0) is 18.6. The number of esters is 1. The third-order valence-electron chi connectivity index (χ3n) is 7.11. The van der Waals surface area contributed by atoms with Crippen molar-refractivity contribution in [3.63, 3.8) is 0 Å². The van der Waals surface area contributed by atoms with Crippen LogP contribution in [0, 0.1) is 23.2 Å². The Balaban J connectivity index is 1.15. The Hall–Kier alpha value is -2.17. The summed E-state index contributed by atoms with van der Waals surface area (Å²) < 4.78 is 5.65. The number of carbonyl (C=O) groups excluding carboxylic acids is 3. The predicted molar refractivity (Wildman–Crippen MR) is 98.0 cm³/mol. The second-order valence-electron chi connectivity index (χ2n) is 8.99. The van der Waals surface area contributed by atoms with Crippen molar-refractivity contribution in [1.29, 1.82) is 0 Å². The molecule has 5 heteroatoms. The first kappa shape index (κ1) is 17.0. The summed E-state index contributed by atoms with van der Waals surface area (Å²) in [5.41, 5.74) is 0.686. The monoisotopic (exact) mass is 367 g/mol. The maximum absolute atomic E-state index is 12.8. The van der Waals surface area contributed by atoms with Gasteiger partial charge in [-0.3, -0.25) is 19.3 Å². The van der Waals surface area contributed by atoms with Crippen molar-refractivity contribution in [3.05, 3.63) is 35.4 Å². The fourth-order valence-electron chi connectivity index (χ4n) is 6.34. The number of ether oxygens (including phenoxy) is 1. The summed E-state index contributed by atoms with van der Waals surface area (Å²) in [6.07, 6.45) is 7.37. The van der Waals surface area contributed by atoms with Crippen molar-refractivity contribution < 1.29 is 19.1 Å². The van der Waals surface area contributed by atoms with Crippen LogP contribution in [0.4, 0.5) is 0 Å². The van der Waals surface area contributed by atoms with E-state index in [-0.39, 0.29) is 29.8 Å². The normalized spacial score (nSPS) is 33.5. The number of carbonyl (C=O) groups is 3. The molecule has 4 aliphatic carbocycles. The topological polar surface area (TPSA) is 63.7 Å². The Kier molecular flexibility index (Phi) is 3.88. The van der Waals surface area contributed by atoms with Gasteiger partial charge < -0.3 is 4.74 Å². The summed E-state index contributed by atoms with van der Waals surface area (Å²) in [6.45, 7) is 0.564. The van der Waals surface area contributed by atoms with E-state index in [0.717, 1.165) is 19.3 Å². The Morgan fingerprint density at radius 1 is 0.963 bits per heavy atom. The molecular formula is C22H25NO4. The smallest absolute Gasteiger partial charge is 0.312 e. The van der Waals surface area contributed by atoms with Gasteiger partial charge in [0.15, 0.2) is 0 Å². The number of fused-ring (bicyclic) bond motifs is 1. The van der Waals surface area contributed by atoms with Gasteiger partial charge in [-0.1, -0.05) is 12.1 Å². The molecule has 0 saturated heterocycles. The lowest BCUT2D eigenvalue weighted by Crippen LogP contribution is -2.50. The quantitative estimate of drug-likeness (QED) is 0.454. The standard InChI is InChI=1S/C22H25NO4/c24-19-17-4-1-2-5-18(17)20(25)23(19)6-3-7-27-21(26)22-11-14-8-15(12-22)10-16(9-14)13-22/h1-2,4-5,14-16H,3,6-13H2. The average Bonchev–Trinajstić information content (AvgIpc) is 2.89. The molecule has 0 atom stereocenters. The van der Waals surface area contributed by atoms with E-state index in [9.17, 15) is 14.4 Å². The Bertz CT molecular complexity index is 744. The van der Waals surface area contributed by atoms with E-state index < -0.39 is 0 Å². The van der Waals surface area contributed by atoms with Crippen LogP contribution in [0.1, 0.15) is 65.7 Å². The lowest BCUT2D eigenvalue weighted by atomic mass is 9.49. The van der Waals surface area contributed by atoms with Gasteiger partial charge in [0.2, 0.25) is 0 Å². The van der Waals surface area contributed by atoms with Crippen LogP contribution in [0.3, 0.4) is 0 Å². The molecule has 1 aromatic rings. The third-order valence-corrected chi connectivity index (χ3v) is 7.11. The van der Waals surface area contributed by atoms with Gasteiger partial charge >= 0.3 is 5.97 Å². The molecule has 142 valence electrons. The summed E-state index contributed by atoms with van der Waals surface area (Å²) in [4.78, 5) is 38.8. The van der Waals surface area contributed by atoms with Crippen LogP contribution in [-0.4, -0.2) is 35.8 Å². The van der Waals surface area contributed by atoms with Crippen molar-refractivity contribution in [2.45, 2.75) is 44.9 Å². The van der Waals surface area contributed by atoms with Gasteiger partial charge in [0.25, 0.3) is 11.8 Å². The largest absolute Gasteiger partial charge is 0.465 e. The van der Waals surface area contributed by atoms with Crippen LogP contribution in [0.25, 0.3) is 0 Å². The third kappa shape index (κ3) is 2.70. The van der Waals surface area contributed by atoms with E-state index in [2.05, 4.69) is 0 Å². The summed E-state index contributed by atoms with van der Waals surface area (Å²) in [6, 6.07) is 6.90. The molecule has 0 radical (unpaired) electrons. The van der Waals surface area contributed by atoms with E-state index in [0.29, 0.717) is 41.8 Å². The number of amides is 2. The Morgan fingerprint density at radius 2 is 1.48 bits per heavy atom. The van der Waals surface area contributed by atoms with E-state index >= 15 is 0 Å². The van der Waals surface area contributed by atoms with Crippen LogP contribution < -0.4 is 0 Å². The maximum atomic E-state index is 12.8. The van der Waals surface area contributed by atoms with E-state index in [4.69, 9.17) is 4.74 Å². The summed E-state index contributed by atoms with van der Waals surface area (Å²) in [7, 11) is 0. The van der Waals surface area contributed by atoms with Gasteiger partial charge in [0, 0.05) is 6.54 Å². The summed E-state index contributed by atoms with van der Waals surface area (Å²) in [5, 5.41) is 0. The molecule has 1 aromatic carbocycles. The van der Waals surface area contributed by atoms with E-state index in [1.807, 2.05) is 0 Å². The molecule has 4 bridgehead atoms. The predicted octanol–water partition coefficient (Wildman–Crippen LogP) is 3.43. The SMILES string of the molecule is O=C1c2ccccc2C(=O)N1CCCOC(=O)C12CC3CC(CC(C3)C1)C2. The van der Waals surface area contributed by atoms with Crippen molar-refractivity contribution >= 4 is 17.8 Å². The number of nitrogens with zero attached hydrogens (tertiary/aromatic N) is 1. The molecule has 6 rings (SSSR count). The van der Waals surface area contributed by atoms with Crippen LogP contribution in [-0.2, 0) is 9.53 Å². The van der Waals surface area contributed by atoms with Crippen LogP contribution in [0.5, 0.6) is 0 Å². The zero-order valence-corrected chi connectivity index (χ0v) is 15.5. The highest BCUT2D eigenvalue weighted by Gasteiger charge is 2.55. The lowest BCUT2D eigenvalue weighted by molar-refractivity contribution is -0.171. The molecule has 27 heavy (non-hydrogen) atoms. The summed E-state index contributed by atoms with van der Waals surface area (Å²) >= 11 is 0. The van der Waals surface area contributed by atoms with Crippen molar-refractivity contribution in [2.24, 2.45) is 23.2 Å². The Labute approximate surface area is 159 Å². The van der Waals surface area contributed by atoms with Crippen LogP contribution >= 0.6 is 0 Å². The van der Waals surface area contributed by atoms with Gasteiger partial charge in [0.05, 0.1) is 23.1 Å². The number of rotatable bonds is 5. The minimum absolute atomic E-state index is 0.0380. The van der Waals surface area contributed by atoms with E-state index in [1.54, 1.807) is 24.3 Å². The van der Waals surface area contributed by atoms with Crippen LogP contribution in [0.15, 0.2) is 24.3 Å². The van der Waals surface area contributed by atoms with Crippen molar-refractivity contribution in [3.8, 4) is 0 Å². The number of hydrogen-bond donors (Lipinski definition) is 0.